The molecule has 176 valence electrons. The number of rotatable bonds is 6. The van der Waals surface area contributed by atoms with Gasteiger partial charge in [0.25, 0.3) is 5.91 Å². The van der Waals surface area contributed by atoms with E-state index in [0.29, 0.717) is 40.4 Å². The van der Waals surface area contributed by atoms with Crippen LogP contribution in [0.15, 0.2) is 90.1 Å². The van der Waals surface area contributed by atoms with Crippen molar-refractivity contribution >= 4 is 29.1 Å². The highest BCUT2D eigenvalue weighted by atomic mass is 35.5. The maximum Gasteiger partial charge on any atom is 0.255 e. The van der Waals surface area contributed by atoms with E-state index in [0.717, 1.165) is 16.9 Å². The number of amides is 1. The van der Waals surface area contributed by atoms with Gasteiger partial charge in [0, 0.05) is 22.0 Å². The minimum absolute atomic E-state index is 0.218. The van der Waals surface area contributed by atoms with E-state index in [-0.39, 0.29) is 5.91 Å². The normalized spacial score (nSPS) is 14.8. The van der Waals surface area contributed by atoms with Crippen LogP contribution >= 0.6 is 11.6 Å². The van der Waals surface area contributed by atoms with E-state index in [4.69, 9.17) is 26.4 Å². The summed E-state index contributed by atoms with van der Waals surface area (Å²) in [6.07, 6.45) is 0. The minimum atomic E-state index is -0.490. The predicted molar refractivity (Wildman–Crippen MR) is 138 cm³/mol. The largest absolute Gasteiger partial charge is 0.494 e. The summed E-state index contributed by atoms with van der Waals surface area (Å²) in [6, 6.07) is 24.0. The summed E-state index contributed by atoms with van der Waals surface area (Å²) in [5.74, 6) is 1.68. The molecule has 35 heavy (non-hydrogen) atoms. The summed E-state index contributed by atoms with van der Waals surface area (Å²) in [4.78, 5) is 18.2. The fourth-order valence-corrected chi connectivity index (χ4v) is 4.23. The van der Waals surface area contributed by atoms with Crippen LogP contribution in [0.25, 0.3) is 11.4 Å². The van der Waals surface area contributed by atoms with Crippen molar-refractivity contribution in [1.29, 1.82) is 0 Å². The fraction of sp³-hybridized carbons (Fsp3) is 0.148. The summed E-state index contributed by atoms with van der Waals surface area (Å²) in [6.45, 7) is 4.42. The van der Waals surface area contributed by atoms with Gasteiger partial charge in [-0.2, -0.15) is 4.98 Å². The van der Waals surface area contributed by atoms with Gasteiger partial charge in [0.2, 0.25) is 5.95 Å². The quantitative estimate of drug-likeness (QED) is 0.354. The van der Waals surface area contributed by atoms with Gasteiger partial charge >= 0.3 is 0 Å². The predicted octanol–water partition coefficient (Wildman–Crippen LogP) is 5.92. The maximum atomic E-state index is 13.5. The molecule has 0 aliphatic carbocycles. The Labute approximate surface area is 208 Å². The van der Waals surface area contributed by atoms with Crippen LogP contribution in [0, 0.1) is 0 Å². The van der Waals surface area contributed by atoms with Crippen LogP contribution in [-0.4, -0.2) is 27.3 Å². The third-order valence-corrected chi connectivity index (χ3v) is 5.99. The van der Waals surface area contributed by atoms with Crippen molar-refractivity contribution in [2.75, 3.05) is 17.2 Å². The van der Waals surface area contributed by atoms with E-state index < -0.39 is 6.04 Å². The number of benzene rings is 3. The van der Waals surface area contributed by atoms with E-state index in [1.54, 1.807) is 4.68 Å². The standard InChI is InChI=1S/C27H24ClN5O2/c1-3-35-22-15-11-19(12-16-22)25-31-27-29-17(2)23(26(34)30-21-7-5-4-6-8-21)24(33(27)32-25)18-9-13-20(28)14-10-18/h4-16,24H,3H2,1-2H3,(H,30,34)(H,29,31,32). The Morgan fingerprint density at radius 1 is 1.06 bits per heavy atom. The smallest absolute Gasteiger partial charge is 0.255 e. The molecular formula is C27H24ClN5O2. The molecule has 2 heterocycles. The lowest BCUT2D eigenvalue weighted by molar-refractivity contribution is -0.113. The zero-order valence-corrected chi connectivity index (χ0v) is 20.1. The molecule has 1 aliphatic heterocycles. The Balaban J connectivity index is 1.56. The number of para-hydroxylation sites is 1. The van der Waals surface area contributed by atoms with Crippen molar-refractivity contribution in [3.8, 4) is 17.1 Å². The number of aromatic nitrogens is 3. The van der Waals surface area contributed by atoms with Crippen LogP contribution < -0.4 is 15.4 Å². The first-order valence-electron chi connectivity index (χ1n) is 11.3. The number of carbonyl (C=O) groups is 1. The number of fused-ring (bicyclic) bond motifs is 1. The molecule has 3 aromatic carbocycles. The zero-order chi connectivity index (χ0) is 24.4. The molecule has 0 radical (unpaired) electrons. The van der Waals surface area contributed by atoms with Crippen LogP contribution in [-0.2, 0) is 4.79 Å². The van der Waals surface area contributed by atoms with E-state index in [9.17, 15) is 4.79 Å². The molecule has 2 N–H and O–H groups in total. The Bertz CT molecular complexity index is 1380. The van der Waals surface area contributed by atoms with Gasteiger partial charge in [-0.25, -0.2) is 4.68 Å². The van der Waals surface area contributed by atoms with Crippen molar-refractivity contribution in [3.05, 3.63) is 101 Å². The molecule has 0 bridgehead atoms. The fourth-order valence-electron chi connectivity index (χ4n) is 4.11. The molecule has 5 rings (SSSR count). The van der Waals surface area contributed by atoms with Crippen LogP contribution in [0.3, 0.4) is 0 Å². The highest BCUT2D eigenvalue weighted by Gasteiger charge is 2.34. The lowest BCUT2D eigenvalue weighted by Crippen LogP contribution is -2.31. The Morgan fingerprint density at radius 3 is 2.46 bits per heavy atom. The number of allylic oxidation sites excluding steroid dienone is 1. The summed E-state index contributed by atoms with van der Waals surface area (Å²) in [5.41, 5.74) is 3.69. The minimum Gasteiger partial charge on any atom is -0.494 e. The molecule has 0 saturated carbocycles. The molecule has 1 atom stereocenters. The van der Waals surface area contributed by atoms with Crippen LogP contribution in [0.2, 0.25) is 5.02 Å². The number of hydrogen-bond acceptors (Lipinski definition) is 5. The average molecular weight is 486 g/mol. The number of nitrogens with one attached hydrogen (secondary N) is 2. The highest BCUT2D eigenvalue weighted by Crippen LogP contribution is 2.37. The summed E-state index contributed by atoms with van der Waals surface area (Å²) in [5, 5.41) is 11.7. The number of halogens is 1. The molecule has 4 aromatic rings. The third kappa shape index (κ3) is 4.63. The van der Waals surface area contributed by atoms with Crippen molar-refractivity contribution in [2.24, 2.45) is 0 Å². The highest BCUT2D eigenvalue weighted by molar-refractivity contribution is 6.30. The molecule has 1 aliphatic rings. The second-order valence-electron chi connectivity index (χ2n) is 8.10. The Kier molecular flexibility index (Phi) is 6.25. The summed E-state index contributed by atoms with van der Waals surface area (Å²) in [7, 11) is 0. The Hall–Kier alpha value is -4.10. The lowest BCUT2D eigenvalue weighted by Gasteiger charge is -2.28. The van der Waals surface area contributed by atoms with E-state index in [1.807, 2.05) is 92.7 Å². The molecule has 1 unspecified atom stereocenters. The van der Waals surface area contributed by atoms with Crippen LogP contribution in [0.1, 0.15) is 25.5 Å². The maximum absolute atomic E-state index is 13.5. The molecule has 1 aromatic heterocycles. The van der Waals surface area contributed by atoms with E-state index >= 15 is 0 Å². The van der Waals surface area contributed by atoms with Gasteiger partial charge in [-0.1, -0.05) is 41.9 Å². The molecule has 7 nitrogen and oxygen atoms in total. The number of carbonyl (C=O) groups excluding carboxylic acids is 1. The van der Waals surface area contributed by atoms with Gasteiger partial charge in [0.15, 0.2) is 5.82 Å². The molecule has 0 saturated heterocycles. The molecule has 0 spiro atoms. The monoisotopic (exact) mass is 485 g/mol. The molecule has 1 amide bonds. The number of anilines is 2. The van der Waals surface area contributed by atoms with Crippen molar-refractivity contribution in [3.63, 3.8) is 0 Å². The average Bonchev–Trinajstić information content (AvgIpc) is 3.28. The number of nitrogens with zero attached hydrogens (tertiary/aromatic N) is 3. The van der Waals surface area contributed by atoms with Gasteiger partial charge in [0.1, 0.15) is 11.8 Å². The van der Waals surface area contributed by atoms with Crippen molar-refractivity contribution in [1.82, 2.24) is 14.8 Å². The topological polar surface area (TPSA) is 81.1 Å². The second-order valence-corrected chi connectivity index (χ2v) is 8.54. The van der Waals surface area contributed by atoms with E-state index in [2.05, 4.69) is 10.6 Å². The second kappa shape index (κ2) is 9.64. The van der Waals surface area contributed by atoms with Gasteiger partial charge in [-0.05, 0) is 67.9 Å². The van der Waals surface area contributed by atoms with Gasteiger partial charge in [-0.15, -0.1) is 5.10 Å². The molecule has 8 heteroatoms. The molecule has 0 fully saturated rings. The zero-order valence-electron chi connectivity index (χ0n) is 19.3. The van der Waals surface area contributed by atoms with Gasteiger partial charge in [0.05, 0.1) is 12.2 Å². The first kappa shape index (κ1) is 22.7. The van der Waals surface area contributed by atoms with E-state index in [1.165, 1.54) is 0 Å². The first-order chi connectivity index (χ1) is 17.0. The van der Waals surface area contributed by atoms with Crippen molar-refractivity contribution in [2.45, 2.75) is 19.9 Å². The summed E-state index contributed by atoms with van der Waals surface area (Å²) >= 11 is 6.16. The molecular weight excluding hydrogens is 462 g/mol. The van der Waals surface area contributed by atoms with Gasteiger partial charge < -0.3 is 15.4 Å². The summed E-state index contributed by atoms with van der Waals surface area (Å²) < 4.78 is 7.30. The third-order valence-electron chi connectivity index (χ3n) is 5.74. The van der Waals surface area contributed by atoms with Crippen molar-refractivity contribution < 1.29 is 9.53 Å². The van der Waals surface area contributed by atoms with Crippen LogP contribution in [0.5, 0.6) is 5.75 Å². The Morgan fingerprint density at radius 2 is 1.77 bits per heavy atom. The number of ether oxygens (including phenoxy) is 1. The lowest BCUT2D eigenvalue weighted by atomic mass is 9.95. The van der Waals surface area contributed by atoms with Crippen LogP contribution in [0.4, 0.5) is 11.6 Å². The first-order valence-corrected chi connectivity index (χ1v) is 11.7. The van der Waals surface area contributed by atoms with Gasteiger partial charge in [-0.3, -0.25) is 4.79 Å². The SMILES string of the molecule is CCOc1ccc(-c2nc3n(n2)C(c2ccc(Cl)cc2)C(C(=O)Nc2ccccc2)=C(C)N3)cc1. The number of hydrogen-bond donors (Lipinski definition) is 2.